The van der Waals surface area contributed by atoms with Gasteiger partial charge in [-0.15, -0.1) is 0 Å². The Hall–Kier alpha value is -1.84. The highest BCUT2D eigenvalue weighted by Crippen LogP contribution is 2.17. The van der Waals surface area contributed by atoms with E-state index in [2.05, 4.69) is 5.16 Å². The molecular weight excluding hydrogens is 233 g/mol. The Kier molecular flexibility index (Phi) is 3.65. The van der Waals surface area contributed by atoms with Crippen LogP contribution in [0, 0.1) is 26.6 Å². The van der Waals surface area contributed by atoms with Crippen molar-refractivity contribution in [1.82, 2.24) is 5.16 Å². The SMILES string of the molecule is Cc1cc(OCCc2c(C)noc2C)ccc1F. The maximum absolute atomic E-state index is 13.1. The van der Waals surface area contributed by atoms with Gasteiger partial charge in [-0.3, -0.25) is 0 Å². The number of hydrogen-bond donors (Lipinski definition) is 0. The van der Waals surface area contributed by atoms with Gasteiger partial charge in [-0.25, -0.2) is 4.39 Å². The van der Waals surface area contributed by atoms with E-state index >= 15 is 0 Å². The Bertz CT molecular complexity index is 529. The predicted octanol–water partition coefficient (Wildman–Crippen LogP) is 3.36. The van der Waals surface area contributed by atoms with Crippen LogP contribution in [-0.2, 0) is 6.42 Å². The maximum atomic E-state index is 13.1. The van der Waals surface area contributed by atoms with E-state index < -0.39 is 0 Å². The fourth-order valence-electron chi connectivity index (χ4n) is 1.84. The molecule has 0 aliphatic carbocycles. The molecule has 0 saturated heterocycles. The number of ether oxygens (including phenoxy) is 1. The highest BCUT2D eigenvalue weighted by Gasteiger charge is 2.08. The van der Waals surface area contributed by atoms with Gasteiger partial charge >= 0.3 is 0 Å². The summed E-state index contributed by atoms with van der Waals surface area (Å²) in [7, 11) is 0. The molecule has 0 N–H and O–H groups in total. The fraction of sp³-hybridized carbons (Fsp3) is 0.357. The van der Waals surface area contributed by atoms with Crippen LogP contribution in [0.3, 0.4) is 0 Å². The van der Waals surface area contributed by atoms with E-state index in [0.29, 0.717) is 17.9 Å². The van der Waals surface area contributed by atoms with Crippen molar-refractivity contribution in [1.29, 1.82) is 0 Å². The summed E-state index contributed by atoms with van der Waals surface area (Å²) in [4.78, 5) is 0. The van der Waals surface area contributed by atoms with Crippen LogP contribution in [0.4, 0.5) is 4.39 Å². The smallest absolute Gasteiger partial charge is 0.137 e. The normalized spacial score (nSPS) is 10.7. The molecule has 0 bridgehead atoms. The van der Waals surface area contributed by atoms with Gasteiger partial charge in [-0.1, -0.05) is 5.16 Å². The molecule has 2 rings (SSSR count). The number of aryl methyl sites for hydroxylation is 3. The average Bonchev–Trinajstić information content (AvgIpc) is 2.65. The van der Waals surface area contributed by atoms with Crippen LogP contribution in [0.2, 0.25) is 0 Å². The molecule has 0 aliphatic rings. The molecular formula is C14H16FNO2. The zero-order chi connectivity index (χ0) is 13.1. The molecule has 0 fully saturated rings. The van der Waals surface area contributed by atoms with Crippen molar-refractivity contribution in [3.63, 3.8) is 0 Å². The quantitative estimate of drug-likeness (QED) is 0.833. The molecule has 1 aromatic carbocycles. The summed E-state index contributed by atoms with van der Waals surface area (Å²) in [6.45, 7) is 6.04. The van der Waals surface area contributed by atoms with Crippen LogP contribution >= 0.6 is 0 Å². The monoisotopic (exact) mass is 249 g/mol. The Morgan fingerprint density at radius 3 is 2.67 bits per heavy atom. The van der Waals surface area contributed by atoms with Crippen molar-refractivity contribution in [2.45, 2.75) is 27.2 Å². The van der Waals surface area contributed by atoms with E-state index in [1.807, 2.05) is 13.8 Å². The molecule has 2 aromatic rings. The van der Waals surface area contributed by atoms with Crippen LogP contribution in [0.25, 0.3) is 0 Å². The first kappa shape index (κ1) is 12.6. The summed E-state index contributed by atoms with van der Waals surface area (Å²) >= 11 is 0. The summed E-state index contributed by atoms with van der Waals surface area (Å²) in [5, 5.41) is 3.89. The second-order valence-electron chi connectivity index (χ2n) is 4.31. The minimum atomic E-state index is -0.215. The summed E-state index contributed by atoms with van der Waals surface area (Å²) in [6, 6.07) is 4.75. The summed E-state index contributed by atoms with van der Waals surface area (Å²) in [5.41, 5.74) is 2.56. The third kappa shape index (κ3) is 2.70. The van der Waals surface area contributed by atoms with Crippen LogP contribution in [0.5, 0.6) is 5.75 Å². The number of nitrogens with zero attached hydrogens (tertiary/aromatic N) is 1. The number of halogens is 1. The van der Waals surface area contributed by atoms with Gasteiger partial charge in [0.05, 0.1) is 12.3 Å². The summed E-state index contributed by atoms with van der Waals surface area (Å²) in [6.07, 6.45) is 0.734. The summed E-state index contributed by atoms with van der Waals surface area (Å²) in [5.74, 6) is 1.29. The lowest BCUT2D eigenvalue weighted by Crippen LogP contribution is -2.03. The maximum Gasteiger partial charge on any atom is 0.137 e. The molecule has 0 spiro atoms. The molecule has 96 valence electrons. The van der Waals surface area contributed by atoms with Crippen molar-refractivity contribution in [3.05, 3.63) is 46.6 Å². The first-order chi connectivity index (χ1) is 8.58. The topological polar surface area (TPSA) is 35.3 Å². The van der Waals surface area contributed by atoms with Crippen molar-refractivity contribution in [2.24, 2.45) is 0 Å². The number of hydrogen-bond acceptors (Lipinski definition) is 3. The second kappa shape index (κ2) is 5.21. The van der Waals surface area contributed by atoms with Gasteiger partial charge in [0.2, 0.25) is 0 Å². The number of benzene rings is 1. The van der Waals surface area contributed by atoms with Gasteiger partial charge in [-0.05, 0) is 44.5 Å². The van der Waals surface area contributed by atoms with Gasteiger partial charge < -0.3 is 9.26 Å². The molecule has 0 aliphatic heterocycles. The standard InChI is InChI=1S/C14H16FNO2/c1-9-8-12(4-5-14(9)15)17-7-6-13-10(2)16-18-11(13)3/h4-5,8H,6-7H2,1-3H3. The molecule has 0 atom stereocenters. The third-order valence-electron chi connectivity index (χ3n) is 2.93. The second-order valence-corrected chi connectivity index (χ2v) is 4.31. The Morgan fingerprint density at radius 1 is 1.28 bits per heavy atom. The molecule has 18 heavy (non-hydrogen) atoms. The lowest BCUT2D eigenvalue weighted by Gasteiger charge is -2.07. The van der Waals surface area contributed by atoms with Crippen molar-refractivity contribution in [3.8, 4) is 5.75 Å². The van der Waals surface area contributed by atoms with E-state index in [1.54, 1.807) is 19.1 Å². The zero-order valence-electron chi connectivity index (χ0n) is 10.8. The largest absolute Gasteiger partial charge is 0.493 e. The van der Waals surface area contributed by atoms with Gasteiger partial charge in [0.15, 0.2) is 0 Å². The van der Waals surface area contributed by atoms with Gasteiger partial charge in [0, 0.05) is 12.0 Å². The van der Waals surface area contributed by atoms with Crippen LogP contribution < -0.4 is 4.74 Å². The predicted molar refractivity (Wildman–Crippen MR) is 66.3 cm³/mol. The van der Waals surface area contributed by atoms with Crippen LogP contribution in [0.1, 0.15) is 22.6 Å². The highest BCUT2D eigenvalue weighted by molar-refractivity contribution is 5.29. The first-order valence-corrected chi connectivity index (χ1v) is 5.88. The summed E-state index contributed by atoms with van der Waals surface area (Å²) < 4.78 is 23.7. The lowest BCUT2D eigenvalue weighted by molar-refractivity contribution is 0.319. The highest BCUT2D eigenvalue weighted by atomic mass is 19.1. The number of rotatable bonds is 4. The van der Waals surface area contributed by atoms with Crippen LogP contribution in [0.15, 0.2) is 22.7 Å². The lowest BCUT2D eigenvalue weighted by atomic mass is 10.1. The molecule has 1 heterocycles. The van der Waals surface area contributed by atoms with Crippen molar-refractivity contribution < 1.29 is 13.7 Å². The molecule has 0 radical (unpaired) electrons. The molecule has 0 saturated carbocycles. The van der Waals surface area contributed by atoms with Gasteiger partial charge in [-0.2, -0.15) is 0 Å². The Balaban J connectivity index is 1.94. The van der Waals surface area contributed by atoms with E-state index in [1.165, 1.54) is 6.07 Å². The average molecular weight is 249 g/mol. The first-order valence-electron chi connectivity index (χ1n) is 5.88. The van der Waals surface area contributed by atoms with Crippen LogP contribution in [-0.4, -0.2) is 11.8 Å². The molecule has 0 unspecified atom stereocenters. The molecule has 3 nitrogen and oxygen atoms in total. The molecule has 0 amide bonds. The third-order valence-corrected chi connectivity index (χ3v) is 2.93. The zero-order valence-corrected chi connectivity index (χ0v) is 10.8. The van der Waals surface area contributed by atoms with Gasteiger partial charge in [0.1, 0.15) is 17.3 Å². The Labute approximate surface area is 106 Å². The minimum Gasteiger partial charge on any atom is -0.493 e. The number of aromatic nitrogens is 1. The van der Waals surface area contributed by atoms with E-state index in [9.17, 15) is 4.39 Å². The van der Waals surface area contributed by atoms with E-state index in [-0.39, 0.29) is 5.82 Å². The molecule has 4 heteroatoms. The van der Waals surface area contributed by atoms with Crippen molar-refractivity contribution >= 4 is 0 Å². The van der Waals surface area contributed by atoms with Crippen molar-refractivity contribution in [2.75, 3.05) is 6.61 Å². The van der Waals surface area contributed by atoms with E-state index in [4.69, 9.17) is 9.26 Å². The minimum absolute atomic E-state index is 0.215. The Morgan fingerprint density at radius 2 is 2.06 bits per heavy atom. The fourth-order valence-corrected chi connectivity index (χ4v) is 1.84. The van der Waals surface area contributed by atoms with E-state index in [0.717, 1.165) is 23.4 Å². The molecule has 1 aromatic heterocycles. The van der Waals surface area contributed by atoms with Gasteiger partial charge in [0.25, 0.3) is 0 Å².